The van der Waals surface area contributed by atoms with Crippen molar-refractivity contribution in [3.05, 3.63) is 40.1 Å². The monoisotopic (exact) mass is 396 g/mol. The predicted molar refractivity (Wildman–Crippen MR) is 90.1 cm³/mol. The average molecular weight is 397 g/mol. The maximum Gasteiger partial charge on any atom is 0.340 e. The molecule has 24 heavy (non-hydrogen) atoms. The molecule has 0 saturated carbocycles. The van der Waals surface area contributed by atoms with Crippen molar-refractivity contribution in [2.75, 3.05) is 12.4 Å². The summed E-state index contributed by atoms with van der Waals surface area (Å²) in [5, 5.41) is 6.23. The van der Waals surface area contributed by atoms with Gasteiger partial charge in [0.25, 0.3) is 5.91 Å². The molecule has 1 atom stereocenters. The van der Waals surface area contributed by atoms with E-state index in [9.17, 15) is 9.59 Å². The van der Waals surface area contributed by atoms with Crippen LogP contribution in [0.5, 0.6) is 5.75 Å². The first-order valence-electron chi connectivity index (χ1n) is 7.23. The Morgan fingerprint density at radius 3 is 2.71 bits per heavy atom. The van der Waals surface area contributed by atoms with Gasteiger partial charge in [-0.2, -0.15) is 0 Å². The van der Waals surface area contributed by atoms with Gasteiger partial charge < -0.3 is 19.3 Å². The van der Waals surface area contributed by atoms with E-state index in [1.165, 1.54) is 13.2 Å². The van der Waals surface area contributed by atoms with Crippen molar-refractivity contribution in [2.24, 2.45) is 0 Å². The minimum absolute atomic E-state index is 0.273. The molecule has 128 valence electrons. The summed E-state index contributed by atoms with van der Waals surface area (Å²) < 4.78 is 15.8. The number of nitrogens with zero attached hydrogens (tertiary/aromatic N) is 1. The molecule has 0 fully saturated rings. The van der Waals surface area contributed by atoms with Crippen LogP contribution in [0.15, 0.2) is 33.3 Å². The van der Waals surface area contributed by atoms with Crippen LogP contribution in [0.1, 0.15) is 29.5 Å². The second kappa shape index (κ2) is 7.96. The molecule has 0 bridgehead atoms. The van der Waals surface area contributed by atoms with Gasteiger partial charge in [-0.05, 0) is 47.5 Å². The Morgan fingerprint density at radius 2 is 2.12 bits per heavy atom. The third-order valence-electron chi connectivity index (χ3n) is 3.19. The second-order valence-electron chi connectivity index (χ2n) is 4.96. The fraction of sp³-hybridized carbons (Fsp3) is 0.312. The molecule has 1 aromatic carbocycles. The maximum absolute atomic E-state index is 12.3. The van der Waals surface area contributed by atoms with Gasteiger partial charge in [0.15, 0.2) is 11.9 Å². The molecule has 1 unspecified atom stereocenters. The lowest BCUT2D eigenvalue weighted by molar-refractivity contribution is -0.124. The number of hydrogen-bond acceptors (Lipinski definition) is 6. The quantitative estimate of drug-likeness (QED) is 0.752. The molecular weight excluding hydrogens is 380 g/mol. The summed E-state index contributed by atoms with van der Waals surface area (Å²) in [6.45, 7) is 3.45. The summed E-state index contributed by atoms with van der Waals surface area (Å²) in [4.78, 5) is 24.6. The van der Waals surface area contributed by atoms with Gasteiger partial charge in [0, 0.05) is 10.5 Å². The highest BCUT2D eigenvalue weighted by Crippen LogP contribution is 2.24. The number of esters is 1. The van der Waals surface area contributed by atoms with Gasteiger partial charge in [-0.1, -0.05) is 12.1 Å². The van der Waals surface area contributed by atoms with Crippen LogP contribution in [-0.2, 0) is 9.53 Å². The van der Waals surface area contributed by atoms with E-state index in [1.54, 1.807) is 32.0 Å². The SMILES string of the molecule is CCC(OC(=O)c1cc(OC)ccc1Br)C(=O)Nc1cc(C)on1. The number of carbonyl (C=O) groups is 2. The molecule has 0 spiro atoms. The van der Waals surface area contributed by atoms with E-state index in [-0.39, 0.29) is 11.4 Å². The number of anilines is 1. The number of hydrogen-bond donors (Lipinski definition) is 1. The lowest BCUT2D eigenvalue weighted by atomic mass is 10.2. The first kappa shape index (κ1) is 18.0. The molecule has 1 amide bonds. The van der Waals surface area contributed by atoms with Crippen molar-refractivity contribution in [1.82, 2.24) is 5.16 Å². The molecule has 0 aliphatic heterocycles. The number of ether oxygens (including phenoxy) is 2. The standard InChI is InChI=1S/C16H17BrN2O5/c1-4-13(15(20)18-14-7-9(2)24-19-14)23-16(21)11-8-10(22-3)5-6-12(11)17/h5-8,13H,4H2,1-3H3,(H,18,19,20). The summed E-state index contributed by atoms with van der Waals surface area (Å²) >= 11 is 3.29. The first-order chi connectivity index (χ1) is 11.4. The third kappa shape index (κ3) is 4.35. The van der Waals surface area contributed by atoms with E-state index in [4.69, 9.17) is 14.0 Å². The Bertz CT molecular complexity index is 744. The Morgan fingerprint density at radius 1 is 1.38 bits per heavy atom. The van der Waals surface area contributed by atoms with Gasteiger partial charge in [-0.15, -0.1) is 0 Å². The molecule has 0 aliphatic carbocycles. The van der Waals surface area contributed by atoms with E-state index in [1.807, 2.05) is 0 Å². The summed E-state index contributed by atoms with van der Waals surface area (Å²) in [5.41, 5.74) is 0.276. The molecule has 1 heterocycles. The van der Waals surface area contributed by atoms with E-state index >= 15 is 0 Å². The lowest BCUT2D eigenvalue weighted by Gasteiger charge is -2.16. The van der Waals surface area contributed by atoms with E-state index in [0.717, 1.165) is 0 Å². The number of halogens is 1. The Kier molecular flexibility index (Phi) is 5.97. The van der Waals surface area contributed by atoms with Crippen LogP contribution in [0.3, 0.4) is 0 Å². The molecule has 1 N–H and O–H groups in total. The molecule has 1 aromatic heterocycles. The average Bonchev–Trinajstić information content (AvgIpc) is 2.97. The predicted octanol–water partition coefficient (Wildman–Crippen LogP) is 3.33. The minimum Gasteiger partial charge on any atom is -0.497 e. The fourth-order valence-electron chi connectivity index (χ4n) is 1.93. The fourth-order valence-corrected chi connectivity index (χ4v) is 2.34. The summed E-state index contributed by atoms with van der Waals surface area (Å²) in [6.07, 6.45) is -0.636. The Labute approximate surface area is 147 Å². The number of carbonyl (C=O) groups excluding carboxylic acids is 2. The van der Waals surface area contributed by atoms with Gasteiger partial charge >= 0.3 is 5.97 Å². The number of nitrogens with one attached hydrogen (secondary N) is 1. The zero-order valence-electron chi connectivity index (χ0n) is 13.5. The van der Waals surface area contributed by atoms with Crippen molar-refractivity contribution < 1.29 is 23.6 Å². The van der Waals surface area contributed by atoms with Crippen LogP contribution in [0.4, 0.5) is 5.82 Å². The largest absolute Gasteiger partial charge is 0.497 e. The number of amides is 1. The van der Waals surface area contributed by atoms with Gasteiger partial charge in [0.2, 0.25) is 0 Å². The van der Waals surface area contributed by atoms with Gasteiger partial charge in [-0.3, -0.25) is 4.79 Å². The van der Waals surface area contributed by atoms with Gasteiger partial charge in [0.05, 0.1) is 12.7 Å². The number of methoxy groups -OCH3 is 1. The highest BCUT2D eigenvalue weighted by molar-refractivity contribution is 9.10. The van der Waals surface area contributed by atoms with Crippen molar-refractivity contribution in [3.63, 3.8) is 0 Å². The van der Waals surface area contributed by atoms with Crippen molar-refractivity contribution in [3.8, 4) is 5.75 Å². The Balaban J connectivity index is 2.09. The summed E-state index contributed by atoms with van der Waals surface area (Å²) in [5.74, 6) is 0.253. The molecule has 2 aromatic rings. The number of aryl methyl sites for hydroxylation is 1. The molecule has 7 nitrogen and oxygen atoms in total. The van der Waals surface area contributed by atoms with Crippen LogP contribution in [-0.4, -0.2) is 30.2 Å². The lowest BCUT2D eigenvalue weighted by Crippen LogP contribution is -2.32. The molecule has 2 rings (SSSR count). The highest BCUT2D eigenvalue weighted by Gasteiger charge is 2.24. The highest BCUT2D eigenvalue weighted by atomic mass is 79.9. The van der Waals surface area contributed by atoms with Crippen molar-refractivity contribution in [2.45, 2.75) is 26.4 Å². The molecule has 0 radical (unpaired) electrons. The smallest absolute Gasteiger partial charge is 0.340 e. The summed E-state index contributed by atoms with van der Waals surface area (Å²) in [6, 6.07) is 6.50. The first-order valence-corrected chi connectivity index (χ1v) is 8.02. The normalized spacial score (nSPS) is 11.7. The van der Waals surface area contributed by atoms with Crippen molar-refractivity contribution >= 4 is 33.6 Å². The molecule has 0 aliphatic rings. The van der Waals surface area contributed by atoms with Crippen LogP contribution in [0, 0.1) is 6.92 Å². The third-order valence-corrected chi connectivity index (χ3v) is 3.88. The molecular formula is C16H17BrN2O5. The number of rotatable bonds is 6. The van der Waals surface area contributed by atoms with E-state index in [2.05, 4.69) is 26.4 Å². The van der Waals surface area contributed by atoms with Crippen LogP contribution in [0.25, 0.3) is 0 Å². The van der Waals surface area contributed by atoms with Crippen molar-refractivity contribution in [1.29, 1.82) is 0 Å². The Hall–Kier alpha value is -2.35. The molecule has 8 heteroatoms. The van der Waals surface area contributed by atoms with Crippen LogP contribution < -0.4 is 10.1 Å². The minimum atomic E-state index is -0.951. The number of benzene rings is 1. The van der Waals surface area contributed by atoms with E-state index < -0.39 is 18.0 Å². The van der Waals surface area contributed by atoms with Gasteiger partial charge in [-0.25, -0.2) is 4.79 Å². The van der Waals surface area contributed by atoms with Crippen LogP contribution in [0.2, 0.25) is 0 Å². The topological polar surface area (TPSA) is 90.7 Å². The van der Waals surface area contributed by atoms with Gasteiger partial charge in [0.1, 0.15) is 11.5 Å². The zero-order chi connectivity index (χ0) is 17.7. The summed E-state index contributed by atoms with van der Waals surface area (Å²) in [7, 11) is 1.50. The maximum atomic E-state index is 12.3. The zero-order valence-corrected chi connectivity index (χ0v) is 15.0. The van der Waals surface area contributed by atoms with Crippen LogP contribution >= 0.6 is 15.9 Å². The van der Waals surface area contributed by atoms with E-state index in [0.29, 0.717) is 22.4 Å². The number of aromatic nitrogens is 1. The second-order valence-corrected chi connectivity index (χ2v) is 5.81. The molecule has 0 saturated heterocycles.